The molecule has 1 aromatic heterocycles. The predicted molar refractivity (Wildman–Crippen MR) is 122 cm³/mol. The zero-order valence-electron chi connectivity index (χ0n) is 17.3. The number of carbonyl (C=O) groups excluding carboxylic acids is 2. The number of hydrogen-bond donors (Lipinski definition) is 1. The number of amides is 1. The van der Waals surface area contributed by atoms with Crippen molar-refractivity contribution in [2.45, 2.75) is 13.0 Å². The molecule has 1 unspecified atom stereocenters. The topological polar surface area (TPSA) is 70.5 Å². The first kappa shape index (κ1) is 21.0. The molecule has 3 aromatic carbocycles. The molecule has 1 atom stereocenters. The highest BCUT2D eigenvalue weighted by Gasteiger charge is 2.48. The van der Waals surface area contributed by atoms with E-state index in [1.54, 1.807) is 30.3 Å². The minimum Gasteiger partial charge on any atom is -0.507 e. The molecule has 1 aliphatic rings. The third kappa shape index (κ3) is 3.58. The number of nitrogens with zero attached hydrogens (tertiary/aromatic N) is 2. The van der Waals surface area contributed by atoms with Gasteiger partial charge in [0.15, 0.2) is 5.13 Å². The second-order valence-corrected chi connectivity index (χ2v) is 8.71. The van der Waals surface area contributed by atoms with Gasteiger partial charge in [0.05, 0.1) is 21.8 Å². The summed E-state index contributed by atoms with van der Waals surface area (Å²) >= 11 is 1.03. The second kappa shape index (κ2) is 7.90. The molecule has 1 fully saturated rings. The maximum Gasteiger partial charge on any atom is 0.301 e. The molecule has 1 N–H and O–H groups in total. The van der Waals surface area contributed by atoms with Gasteiger partial charge in [0, 0.05) is 5.56 Å². The van der Waals surface area contributed by atoms with Crippen molar-refractivity contribution in [1.82, 2.24) is 4.98 Å². The molecule has 1 amide bonds. The summed E-state index contributed by atoms with van der Waals surface area (Å²) in [6.07, 6.45) is 0. The number of benzene rings is 3. The van der Waals surface area contributed by atoms with Gasteiger partial charge in [-0.15, -0.1) is 0 Å². The molecule has 1 aliphatic heterocycles. The number of anilines is 1. The quantitative estimate of drug-likeness (QED) is 0.248. The maximum absolute atomic E-state index is 14.1. The largest absolute Gasteiger partial charge is 0.507 e. The minimum atomic E-state index is -1.10. The molecule has 0 bridgehead atoms. The molecule has 2 heterocycles. The third-order valence-electron chi connectivity index (χ3n) is 5.48. The Labute approximate surface area is 191 Å². The number of aliphatic hydroxyl groups excluding tert-OH is 1. The van der Waals surface area contributed by atoms with Gasteiger partial charge < -0.3 is 5.11 Å². The second-order valence-electron chi connectivity index (χ2n) is 7.70. The number of aliphatic hydroxyl groups is 1. The first-order valence-corrected chi connectivity index (χ1v) is 10.8. The molecule has 8 heteroatoms. The van der Waals surface area contributed by atoms with Crippen LogP contribution >= 0.6 is 11.3 Å². The van der Waals surface area contributed by atoms with Crippen LogP contribution in [0.2, 0.25) is 0 Å². The molecule has 0 aliphatic carbocycles. The van der Waals surface area contributed by atoms with Crippen LogP contribution in [0, 0.1) is 18.6 Å². The van der Waals surface area contributed by atoms with E-state index in [2.05, 4.69) is 4.98 Å². The number of Topliss-reactive ketones (excluding diaryl/α,β-unsaturated/α-hetero) is 1. The van der Waals surface area contributed by atoms with Gasteiger partial charge in [0.1, 0.15) is 17.4 Å². The van der Waals surface area contributed by atoms with Gasteiger partial charge in [0.2, 0.25) is 0 Å². The normalized spacial score (nSPS) is 17.8. The van der Waals surface area contributed by atoms with Crippen molar-refractivity contribution in [3.63, 3.8) is 0 Å². The molecule has 1 saturated heterocycles. The van der Waals surface area contributed by atoms with Crippen LogP contribution in [0.4, 0.5) is 13.9 Å². The van der Waals surface area contributed by atoms with E-state index in [1.807, 2.05) is 6.92 Å². The van der Waals surface area contributed by atoms with Crippen LogP contribution < -0.4 is 4.90 Å². The number of rotatable bonds is 3. The molecular formula is C25H16F2N2O3S. The van der Waals surface area contributed by atoms with Crippen LogP contribution in [0.25, 0.3) is 16.0 Å². The van der Waals surface area contributed by atoms with Gasteiger partial charge in [-0.05, 0) is 42.8 Å². The molecular weight excluding hydrogens is 446 g/mol. The molecule has 4 aromatic rings. The Morgan fingerprint density at radius 3 is 2.45 bits per heavy atom. The van der Waals surface area contributed by atoms with Crippen molar-refractivity contribution >= 4 is 44.1 Å². The number of halogens is 2. The van der Waals surface area contributed by atoms with Gasteiger partial charge in [-0.2, -0.15) is 0 Å². The summed E-state index contributed by atoms with van der Waals surface area (Å²) in [4.78, 5) is 31.8. The van der Waals surface area contributed by atoms with E-state index in [4.69, 9.17) is 0 Å². The fraction of sp³-hybridized carbons (Fsp3) is 0.0800. The number of thiazole rings is 1. The minimum absolute atomic E-state index is 0.148. The molecule has 5 rings (SSSR count). The summed E-state index contributed by atoms with van der Waals surface area (Å²) in [5.74, 6) is -3.19. The van der Waals surface area contributed by atoms with E-state index in [9.17, 15) is 23.5 Å². The van der Waals surface area contributed by atoms with E-state index in [0.717, 1.165) is 21.8 Å². The molecule has 0 spiro atoms. The highest BCUT2D eigenvalue weighted by Crippen LogP contribution is 2.44. The number of fused-ring (bicyclic) bond motifs is 1. The highest BCUT2D eigenvalue weighted by atomic mass is 32.1. The number of aromatic nitrogens is 1. The van der Waals surface area contributed by atoms with E-state index in [1.165, 1.54) is 36.4 Å². The maximum atomic E-state index is 14.1. The smallest absolute Gasteiger partial charge is 0.301 e. The lowest BCUT2D eigenvalue weighted by molar-refractivity contribution is -0.132. The molecule has 0 radical (unpaired) electrons. The van der Waals surface area contributed by atoms with Crippen molar-refractivity contribution in [3.05, 3.63) is 101 Å². The highest BCUT2D eigenvalue weighted by molar-refractivity contribution is 7.22. The molecule has 33 heavy (non-hydrogen) atoms. The van der Waals surface area contributed by atoms with Crippen LogP contribution in [-0.2, 0) is 9.59 Å². The van der Waals surface area contributed by atoms with Crippen LogP contribution in [0.1, 0.15) is 22.7 Å². The summed E-state index contributed by atoms with van der Waals surface area (Å²) < 4.78 is 28.3. The Hall–Kier alpha value is -3.91. The van der Waals surface area contributed by atoms with Crippen molar-refractivity contribution < 1.29 is 23.5 Å². The van der Waals surface area contributed by atoms with Crippen molar-refractivity contribution in [3.8, 4) is 0 Å². The van der Waals surface area contributed by atoms with Crippen LogP contribution in [0.5, 0.6) is 0 Å². The lowest BCUT2D eigenvalue weighted by Gasteiger charge is -2.23. The zero-order chi connectivity index (χ0) is 23.3. The summed E-state index contributed by atoms with van der Waals surface area (Å²) in [5.41, 5.74) is 1.89. The van der Waals surface area contributed by atoms with E-state index in [0.29, 0.717) is 21.3 Å². The van der Waals surface area contributed by atoms with Crippen molar-refractivity contribution in [1.29, 1.82) is 0 Å². The first-order chi connectivity index (χ1) is 15.8. The monoisotopic (exact) mass is 462 g/mol. The SMILES string of the molecule is Cc1ccc(C(O)=C2C(=O)C(=O)N(c3nc4ccc(F)cc4s3)C2c2cccc(F)c2)cc1. The lowest BCUT2D eigenvalue weighted by Crippen LogP contribution is -2.29. The van der Waals surface area contributed by atoms with E-state index >= 15 is 0 Å². The first-order valence-electron chi connectivity index (χ1n) is 10.0. The third-order valence-corrected chi connectivity index (χ3v) is 6.50. The summed E-state index contributed by atoms with van der Waals surface area (Å²) in [6.45, 7) is 1.88. The Morgan fingerprint density at radius 2 is 1.73 bits per heavy atom. The van der Waals surface area contributed by atoms with Gasteiger partial charge in [0.25, 0.3) is 5.78 Å². The van der Waals surface area contributed by atoms with Crippen molar-refractivity contribution in [2.75, 3.05) is 4.90 Å². The average molecular weight is 462 g/mol. The number of ketones is 1. The van der Waals surface area contributed by atoms with Gasteiger partial charge in [-0.25, -0.2) is 13.8 Å². The average Bonchev–Trinajstić information content (AvgIpc) is 3.32. The Morgan fingerprint density at radius 1 is 1.00 bits per heavy atom. The van der Waals surface area contributed by atoms with Gasteiger partial charge in [-0.1, -0.05) is 53.3 Å². The van der Waals surface area contributed by atoms with Gasteiger partial charge >= 0.3 is 5.91 Å². The van der Waals surface area contributed by atoms with E-state index < -0.39 is 29.4 Å². The Kier molecular flexibility index (Phi) is 5.02. The van der Waals surface area contributed by atoms with Crippen molar-refractivity contribution in [2.24, 2.45) is 0 Å². The molecule has 5 nitrogen and oxygen atoms in total. The molecule has 0 saturated carbocycles. The zero-order valence-corrected chi connectivity index (χ0v) is 18.1. The summed E-state index contributed by atoms with van der Waals surface area (Å²) in [5, 5.41) is 11.2. The fourth-order valence-electron chi connectivity index (χ4n) is 3.88. The standard InChI is InChI=1S/C25H16F2N2O3S/c1-13-5-7-14(8-6-13)22(30)20-21(15-3-2-4-16(26)11-15)29(24(32)23(20)31)25-28-18-10-9-17(27)12-19(18)33-25/h2-12,21,30H,1H3. The van der Waals surface area contributed by atoms with Gasteiger partial charge in [-0.3, -0.25) is 14.5 Å². The fourth-order valence-corrected chi connectivity index (χ4v) is 4.90. The Balaban J connectivity index is 1.74. The summed E-state index contributed by atoms with van der Waals surface area (Å²) in [6, 6.07) is 15.2. The molecule has 164 valence electrons. The number of aryl methyl sites for hydroxylation is 1. The van der Waals surface area contributed by atoms with Crippen LogP contribution in [-0.4, -0.2) is 21.8 Å². The lowest BCUT2D eigenvalue weighted by atomic mass is 9.95. The summed E-state index contributed by atoms with van der Waals surface area (Å²) in [7, 11) is 0. The number of carbonyl (C=O) groups is 2. The van der Waals surface area contributed by atoms with E-state index in [-0.39, 0.29) is 16.5 Å². The predicted octanol–water partition coefficient (Wildman–Crippen LogP) is 5.51. The number of hydrogen-bond acceptors (Lipinski definition) is 5. The Bertz CT molecular complexity index is 1460. The van der Waals surface area contributed by atoms with Crippen LogP contribution in [0.3, 0.4) is 0 Å². The van der Waals surface area contributed by atoms with Crippen LogP contribution in [0.15, 0.2) is 72.3 Å².